The molecule has 0 radical (unpaired) electrons. The van der Waals surface area contributed by atoms with E-state index in [1.54, 1.807) is 7.11 Å². The molecular formula is C16H32N4O2. The van der Waals surface area contributed by atoms with Crippen molar-refractivity contribution < 1.29 is 9.53 Å². The topological polar surface area (TPSA) is 74.8 Å². The molecule has 1 saturated carbocycles. The Hall–Kier alpha value is -1.30. The van der Waals surface area contributed by atoms with Crippen LogP contribution in [0.5, 0.6) is 0 Å². The van der Waals surface area contributed by atoms with Gasteiger partial charge in [0.1, 0.15) is 0 Å². The van der Waals surface area contributed by atoms with Crippen molar-refractivity contribution >= 4 is 11.9 Å². The van der Waals surface area contributed by atoms with Crippen LogP contribution in [0.1, 0.15) is 46.5 Å². The molecule has 1 aliphatic rings. The summed E-state index contributed by atoms with van der Waals surface area (Å²) in [5, 5.41) is 9.49. The Bertz CT molecular complexity index is 365. The molecule has 1 amide bonds. The van der Waals surface area contributed by atoms with Crippen molar-refractivity contribution in [2.24, 2.45) is 10.9 Å². The molecule has 128 valence electrons. The van der Waals surface area contributed by atoms with Crippen LogP contribution in [0.3, 0.4) is 0 Å². The molecule has 0 bridgehead atoms. The number of nitrogens with zero attached hydrogens (tertiary/aromatic N) is 1. The maximum atomic E-state index is 11.7. The number of carbonyl (C=O) groups excluding carboxylic acids is 1. The summed E-state index contributed by atoms with van der Waals surface area (Å²) < 4.78 is 5.36. The number of guanidine groups is 1. The largest absolute Gasteiger partial charge is 0.377 e. The molecule has 0 aromatic rings. The third-order valence-corrected chi connectivity index (χ3v) is 3.94. The molecule has 0 aromatic heterocycles. The number of aliphatic imine (C=N–C) groups is 1. The standard InChI is InChI=1S/C16H32N4O2/c1-5-17-15(20-12-16(2,3)22-4)19-11-7-10-18-14(21)13-8-6-9-13/h13H,5-12H2,1-4H3,(H,18,21)(H2,17,19,20). The first-order valence-electron chi connectivity index (χ1n) is 8.33. The summed E-state index contributed by atoms with van der Waals surface area (Å²) in [5.41, 5.74) is -0.265. The number of methoxy groups -OCH3 is 1. The SMILES string of the molecule is CCNC(=NCC(C)(C)OC)NCCCNC(=O)C1CCC1. The molecule has 6 nitrogen and oxygen atoms in total. The lowest BCUT2D eigenvalue weighted by Crippen LogP contribution is -2.41. The van der Waals surface area contributed by atoms with Crippen molar-refractivity contribution in [1.82, 2.24) is 16.0 Å². The molecule has 0 aliphatic heterocycles. The van der Waals surface area contributed by atoms with Gasteiger partial charge in [-0.05, 0) is 40.0 Å². The summed E-state index contributed by atoms with van der Waals surface area (Å²) in [7, 11) is 1.70. The third-order valence-electron chi connectivity index (χ3n) is 3.94. The monoisotopic (exact) mass is 312 g/mol. The summed E-state index contributed by atoms with van der Waals surface area (Å²) in [6.07, 6.45) is 4.18. The smallest absolute Gasteiger partial charge is 0.223 e. The second-order valence-electron chi connectivity index (χ2n) is 6.36. The van der Waals surface area contributed by atoms with Crippen LogP contribution in [0.4, 0.5) is 0 Å². The van der Waals surface area contributed by atoms with Gasteiger partial charge in [0.15, 0.2) is 5.96 Å². The van der Waals surface area contributed by atoms with E-state index in [1.807, 2.05) is 20.8 Å². The minimum Gasteiger partial charge on any atom is -0.377 e. The van der Waals surface area contributed by atoms with Crippen molar-refractivity contribution in [2.45, 2.75) is 52.1 Å². The predicted molar refractivity (Wildman–Crippen MR) is 90.0 cm³/mol. The zero-order valence-corrected chi connectivity index (χ0v) is 14.5. The van der Waals surface area contributed by atoms with E-state index in [9.17, 15) is 4.79 Å². The Morgan fingerprint density at radius 1 is 1.23 bits per heavy atom. The first-order chi connectivity index (χ1) is 10.5. The number of nitrogens with one attached hydrogen (secondary N) is 3. The van der Waals surface area contributed by atoms with Crippen LogP contribution in [0.15, 0.2) is 4.99 Å². The average molecular weight is 312 g/mol. The number of hydrogen-bond acceptors (Lipinski definition) is 3. The van der Waals surface area contributed by atoms with Gasteiger partial charge in [-0.15, -0.1) is 0 Å². The van der Waals surface area contributed by atoms with Crippen LogP contribution in [0.2, 0.25) is 0 Å². The lowest BCUT2D eigenvalue weighted by atomic mass is 9.85. The van der Waals surface area contributed by atoms with Gasteiger partial charge in [0.05, 0.1) is 12.1 Å². The zero-order valence-electron chi connectivity index (χ0n) is 14.5. The van der Waals surface area contributed by atoms with Gasteiger partial charge in [-0.3, -0.25) is 9.79 Å². The van der Waals surface area contributed by atoms with Crippen LogP contribution in [-0.4, -0.2) is 50.8 Å². The van der Waals surface area contributed by atoms with Gasteiger partial charge in [0.2, 0.25) is 5.91 Å². The minimum absolute atomic E-state index is 0.216. The first-order valence-corrected chi connectivity index (χ1v) is 8.33. The summed E-state index contributed by atoms with van der Waals surface area (Å²) >= 11 is 0. The van der Waals surface area contributed by atoms with E-state index in [4.69, 9.17) is 4.74 Å². The highest BCUT2D eigenvalue weighted by atomic mass is 16.5. The van der Waals surface area contributed by atoms with Crippen LogP contribution >= 0.6 is 0 Å². The highest BCUT2D eigenvalue weighted by molar-refractivity contribution is 5.80. The fourth-order valence-corrected chi connectivity index (χ4v) is 2.00. The Labute approximate surface area is 134 Å². The van der Waals surface area contributed by atoms with Gasteiger partial charge in [-0.2, -0.15) is 0 Å². The Morgan fingerprint density at radius 3 is 2.45 bits per heavy atom. The van der Waals surface area contributed by atoms with Crippen LogP contribution in [0, 0.1) is 5.92 Å². The Kier molecular flexibility index (Phi) is 8.24. The highest BCUT2D eigenvalue weighted by Gasteiger charge is 2.24. The van der Waals surface area contributed by atoms with Crippen molar-refractivity contribution in [2.75, 3.05) is 33.3 Å². The summed E-state index contributed by atoms with van der Waals surface area (Å²) in [4.78, 5) is 16.2. The van der Waals surface area contributed by atoms with Gasteiger partial charge in [-0.1, -0.05) is 6.42 Å². The summed E-state index contributed by atoms with van der Waals surface area (Å²) in [6.45, 7) is 8.97. The number of amides is 1. The van der Waals surface area contributed by atoms with E-state index in [0.717, 1.165) is 38.3 Å². The molecule has 3 N–H and O–H groups in total. The van der Waals surface area contributed by atoms with Gasteiger partial charge in [0, 0.05) is 32.7 Å². The predicted octanol–water partition coefficient (Wildman–Crippen LogP) is 1.27. The fraction of sp³-hybridized carbons (Fsp3) is 0.875. The minimum atomic E-state index is -0.265. The maximum absolute atomic E-state index is 11.7. The summed E-state index contributed by atoms with van der Waals surface area (Å²) in [5.74, 6) is 1.27. The molecule has 22 heavy (non-hydrogen) atoms. The average Bonchev–Trinajstić information content (AvgIpc) is 2.42. The molecule has 0 spiro atoms. The second kappa shape index (κ2) is 9.66. The Balaban J connectivity index is 2.20. The van der Waals surface area contributed by atoms with Crippen molar-refractivity contribution in [3.8, 4) is 0 Å². The number of ether oxygens (including phenoxy) is 1. The number of hydrogen-bond donors (Lipinski definition) is 3. The lowest BCUT2D eigenvalue weighted by Gasteiger charge is -2.24. The molecule has 1 aliphatic carbocycles. The molecule has 1 rings (SSSR count). The zero-order chi connectivity index (χ0) is 16.4. The molecule has 0 atom stereocenters. The van der Waals surface area contributed by atoms with E-state index in [0.29, 0.717) is 13.1 Å². The summed E-state index contributed by atoms with van der Waals surface area (Å²) in [6, 6.07) is 0. The number of carbonyl (C=O) groups is 1. The van der Waals surface area contributed by atoms with E-state index in [-0.39, 0.29) is 17.4 Å². The van der Waals surface area contributed by atoms with E-state index in [2.05, 4.69) is 20.9 Å². The first kappa shape index (κ1) is 18.7. The van der Waals surface area contributed by atoms with Gasteiger partial charge < -0.3 is 20.7 Å². The molecule has 1 fully saturated rings. The van der Waals surface area contributed by atoms with Crippen molar-refractivity contribution in [3.63, 3.8) is 0 Å². The molecular weight excluding hydrogens is 280 g/mol. The molecule has 0 aromatic carbocycles. The number of rotatable bonds is 9. The van der Waals surface area contributed by atoms with Crippen LogP contribution < -0.4 is 16.0 Å². The lowest BCUT2D eigenvalue weighted by molar-refractivity contribution is -0.127. The van der Waals surface area contributed by atoms with E-state index < -0.39 is 0 Å². The third kappa shape index (κ3) is 7.11. The van der Waals surface area contributed by atoms with E-state index >= 15 is 0 Å². The second-order valence-corrected chi connectivity index (χ2v) is 6.36. The van der Waals surface area contributed by atoms with Gasteiger partial charge in [-0.25, -0.2) is 0 Å². The molecule has 6 heteroatoms. The van der Waals surface area contributed by atoms with Crippen molar-refractivity contribution in [3.05, 3.63) is 0 Å². The normalized spacial score (nSPS) is 16.1. The highest BCUT2D eigenvalue weighted by Crippen LogP contribution is 2.25. The fourth-order valence-electron chi connectivity index (χ4n) is 2.00. The molecule has 0 heterocycles. The van der Waals surface area contributed by atoms with Crippen molar-refractivity contribution in [1.29, 1.82) is 0 Å². The molecule has 0 unspecified atom stereocenters. The quantitative estimate of drug-likeness (QED) is 0.340. The van der Waals surface area contributed by atoms with Gasteiger partial charge >= 0.3 is 0 Å². The van der Waals surface area contributed by atoms with Crippen LogP contribution in [-0.2, 0) is 9.53 Å². The van der Waals surface area contributed by atoms with Crippen LogP contribution in [0.25, 0.3) is 0 Å². The van der Waals surface area contributed by atoms with E-state index in [1.165, 1.54) is 6.42 Å². The Morgan fingerprint density at radius 2 is 1.91 bits per heavy atom. The molecule has 0 saturated heterocycles. The van der Waals surface area contributed by atoms with Gasteiger partial charge in [0.25, 0.3) is 0 Å². The maximum Gasteiger partial charge on any atom is 0.223 e.